The van der Waals surface area contributed by atoms with Crippen molar-refractivity contribution in [1.29, 1.82) is 0 Å². The Bertz CT molecular complexity index is 783. The van der Waals surface area contributed by atoms with Crippen LogP contribution in [0.15, 0.2) is 47.1 Å². The lowest BCUT2D eigenvalue weighted by molar-refractivity contribution is 0.0638. The topological polar surface area (TPSA) is 76.8 Å². The van der Waals surface area contributed by atoms with Crippen LogP contribution in [0.5, 0.6) is 5.75 Å². The molecule has 1 heterocycles. The highest BCUT2D eigenvalue weighted by atomic mass is 32.2. The first kappa shape index (κ1) is 18.1. The molecule has 1 aromatic carbocycles. The van der Waals surface area contributed by atoms with Gasteiger partial charge in [-0.2, -0.15) is 8.42 Å². The molecule has 1 amide bonds. The number of carbonyl (C=O) groups is 1. The van der Waals surface area contributed by atoms with Gasteiger partial charge < -0.3 is 13.5 Å². The van der Waals surface area contributed by atoms with Gasteiger partial charge in [-0.1, -0.05) is 25.1 Å². The van der Waals surface area contributed by atoms with Gasteiger partial charge in [0, 0.05) is 11.6 Å². The van der Waals surface area contributed by atoms with Gasteiger partial charge in [0.15, 0.2) is 5.76 Å². The van der Waals surface area contributed by atoms with Crippen LogP contribution in [0.1, 0.15) is 36.4 Å². The molecule has 1 aromatic heterocycles. The third-order valence-corrected chi connectivity index (χ3v) is 4.15. The van der Waals surface area contributed by atoms with E-state index in [1.165, 1.54) is 6.26 Å². The average molecular weight is 351 g/mol. The van der Waals surface area contributed by atoms with Gasteiger partial charge in [-0.3, -0.25) is 4.79 Å². The normalized spacial score (nSPS) is 12.6. The average Bonchev–Trinajstić information content (AvgIpc) is 3.05. The molecule has 0 aliphatic heterocycles. The smallest absolute Gasteiger partial charge is 0.306 e. The fraction of sp³-hybridized carbons (Fsp3) is 0.353. The van der Waals surface area contributed by atoms with Gasteiger partial charge in [0.25, 0.3) is 5.91 Å². The number of benzene rings is 1. The summed E-state index contributed by atoms with van der Waals surface area (Å²) in [7, 11) is -3.65. The number of para-hydroxylation sites is 1. The molecule has 0 saturated carbocycles. The molecular formula is C17H21NO5S. The molecule has 6 nitrogen and oxygen atoms in total. The van der Waals surface area contributed by atoms with Crippen LogP contribution in [0.25, 0.3) is 0 Å². The van der Waals surface area contributed by atoms with Crippen LogP contribution in [-0.2, 0) is 16.7 Å². The van der Waals surface area contributed by atoms with Gasteiger partial charge in [-0.15, -0.1) is 0 Å². The third-order valence-electron chi connectivity index (χ3n) is 3.67. The monoisotopic (exact) mass is 351 g/mol. The number of amides is 1. The fourth-order valence-electron chi connectivity index (χ4n) is 2.25. The van der Waals surface area contributed by atoms with Gasteiger partial charge in [0.05, 0.1) is 19.1 Å². The number of hydrogen-bond acceptors (Lipinski definition) is 5. The van der Waals surface area contributed by atoms with Crippen LogP contribution in [0.3, 0.4) is 0 Å². The lowest BCUT2D eigenvalue weighted by Gasteiger charge is -2.28. The molecule has 0 radical (unpaired) electrons. The van der Waals surface area contributed by atoms with E-state index in [1.54, 1.807) is 41.3 Å². The Morgan fingerprint density at radius 1 is 1.25 bits per heavy atom. The predicted octanol–water partition coefficient (Wildman–Crippen LogP) is 3.06. The quantitative estimate of drug-likeness (QED) is 0.717. The van der Waals surface area contributed by atoms with E-state index in [2.05, 4.69) is 0 Å². The second-order valence-corrected chi connectivity index (χ2v) is 7.14. The lowest BCUT2D eigenvalue weighted by atomic mass is 10.1. The van der Waals surface area contributed by atoms with Gasteiger partial charge in [-0.05, 0) is 31.5 Å². The summed E-state index contributed by atoms with van der Waals surface area (Å²) in [5, 5.41) is 0. The molecule has 0 N–H and O–H groups in total. The van der Waals surface area contributed by atoms with Crippen LogP contribution in [-0.4, -0.2) is 31.5 Å². The van der Waals surface area contributed by atoms with E-state index < -0.39 is 10.1 Å². The molecule has 0 aliphatic carbocycles. The maximum absolute atomic E-state index is 12.7. The maximum Gasteiger partial charge on any atom is 0.306 e. The zero-order chi connectivity index (χ0) is 17.7. The molecule has 2 rings (SSSR count). The Kier molecular flexibility index (Phi) is 5.66. The van der Waals surface area contributed by atoms with Crippen molar-refractivity contribution in [2.24, 2.45) is 0 Å². The Morgan fingerprint density at radius 2 is 1.96 bits per heavy atom. The maximum atomic E-state index is 12.7. The molecule has 0 bridgehead atoms. The van der Waals surface area contributed by atoms with Gasteiger partial charge in [0.2, 0.25) is 0 Å². The molecule has 24 heavy (non-hydrogen) atoms. The minimum absolute atomic E-state index is 0.0473. The SMILES string of the molecule is CCC(C)N(Cc1ccccc1OS(C)(=O)=O)C(=O)c1ccco1. The predicted molar refractivity (Wildman–Crippen MR) is 90.2 cm³/mol. The Balaban J connectivity index is 2.32. The summed E-state index contributed by atoms with van der Waals surface area (Å²) < 4.78 is 33.1. The first-order valence-corrected chi connectivity index (χ1v) is 9.45. The zero-order valence-corrected chi connectivity index (χ0v) is 14.7. The first-order valence-electron chi connectivity index (χ1n) is 7.63. The molecule has 0 spiro atoms. The fourth-order valence-corrected chi connectivity index (χ4v) is 2.74. The zero-order valence-electron chi connectivity index (χ0n) is 13.9. The molecule has 0 saturated heterocycles. The molecule has 0 aliphatic rings. The number of carbonyl (C=O) groups excluding carboxylic acids is 1. The van der Waals surface area contributed by atoms with Crippen molar-refractivity contribution in [1.82, 2.24) is 4.90 Å². The summed E-state index contributed by atoms with van der Waals surface area (Å²) in [4.78, 5) is 14.3. The highest BCUT2D eigenvalue weighted by Crippen LogP contribution is 2.24. The summed E-state index contributed by atoms with van der Waals surface area (Å²) in [6.45, 7) is 4.13. The molecule has 2 aromatic rings. The van der Waals surface area contributed by atoms with E-state index in [1.807, 2.05) is 13.8 Å². The van der Waals surface area contributed by atoms with E-state index in [0.29, 0.717) is 5.56 Å². The van der Waals surface area contributed by atoms with Crippen LogP contribution in [0.2, 0.25) is 0 Å². The number of hydrogen-bond donors (Lipinski definition) is 0. The Labute approximate surface area is 142 Å². The minimum Gasteiger partial charge on any atom is -0.459 e. The second-order valence-electron chi connectivity index (χ2n) is 5.56. The summed E-state index contributed by atoms with van der Waals surface area (Å²) in [5.41, 5.74) is 0.614. The van der Waals surface area contributed by atoms with Crippen molar-refractivity contribution >= 4 is 16.0 Å². The summed E-state index contributed by atoms with van der Waals surface area (Å²) in [5.74, 6) is 0.223. The summed E-state index contributed by atoms with van der Waals surface area (Å²) in [6.07, 6.45) is 3.19. The van der Waals surface area contributed by atoms with E-state index >= 15 is 0 Å². The van der Waals surface area contributed by atoms with Gasteiger partial charge in [-0.25, -0.2) is 0 Å². The van der Waals surface area contributed by atoms with Crippen molar-refractivity contribution in [3.05, 3.63) is 54.0 Å². The summed E-state index contributed by atoms with van der Waals surface area (Å²) >= 11 is 0. The van der Waals surface area contributed by atoms with Gasteiger partial charge in [0.1, 0.15) is 5.75 Å². The highest BCUT2D eigenvalue weighted by Gasteiger charge is 2.24. The third kappa shape index (κ3) is 4.61. The second kappa shape index (κ2) is 7.53. The summed E-state index contributed by atoms with van der Waals surface area (Å²) in [6, 6.07) is 9.99. The van der Waals surface area contributed by atoms with Crippen molar-refractivity contribution in [3.63, 3.8) is 0 Å². The van der Waals surface area contributed by atoms with Crippen molar-refractivity contribution in [2.75, 3.05) is 6.26 Å². The van der Waals surface area contributed by atoms with E-state index in [4.69, 9.17) is 8.60 Å². The van der Waals surface area contributed by atoms with Gasteiger partial charge >= 0.3 is 10.1 Å². The standard InChI is InChI=1S/C17H21NO5S/c1-4-13(2)18(17(19)16-10-7-11-22-16)12-14-8-5-6-9-15(14)23-24(3,20)21/h5-11,13H,4,12H2,1-3H3. The molecule has 1 atom stereocenters. The van der Waals surface area contributed by atoms with Crippen LogP contribution < -0.4 is 4.18 Å². The molecule has 0 fully saturated rings. The minimum atomic E-state index is -3.65. The molecule has 7 heteroatoms. The number of rotatable bonds is 7. The van der Waals surface area contributed by atoms with E-state index in [9.17, 15) is 13.2 Å². The lowest BCUT2D eigenvalue weighted by Crippen LogP contribution is -2.37. The van der Waals surface area contributed by atoms with Crippen LogP contribution >= 0.6 is 0 Å². The van der Waals surface area contributed by atoms with E-state index in [0.717, 1.165) is 12.7 Å². The van der Waals surface area contributed by atoms with Crippen molar-refractivity contribution in [2.45, 2.75) is 32.9 Å². The molecule has 1 unspecified atom stereocenters. The first-order chi connectivity index (χ1) is 11.3. The van der Waals surface area contributed by atoms with Crippen molar-refractivity contribution in [3.8, 4) is 5.75 Å². The molecule has 130 valence electrons. The largest absolute Gasteiger partial charge is 0.459 e. The van der Waals surface area contributed by atoms with E-state index in [-0.39, 0.29) is 30.0 Å². The highest BCUT2D eigenvalue weighted by molar-refractivity contribution is 7.86. The Morgan fingerprint density at radius 3 is 2.54 bits per heavy atom. The van der Waals surface area contributed by atoms with Crippen LogP contribution in [0.4, 0.5) is 0 Å². The number of furan rings is 1. The number of nitrogens with zero attached hydrogens (tertiary/aromatic N) is 1. The Hall–Kier alpha value is -2.28. The molecular weight excluding hydrogens is 330 g/mol. The van der Waals surface area contributed by atoms with Crippen molar-refractivity contribution < 1.29 is 21.8 Å². The van der Waals surface area contributed by atoms with Crippen LogP contribution in [0, 0.1) is 0 Å².